The second kappa shape index (κ2) is 6.58. The molecule has 0 aliphatic heterocycles. The third-order valence-corrected chi connectivity index (χ3v) is 2.89. The largest absolute Gasteiger partial charge is 0.478 e. The van der Waals surface area contributed by atoms with Gasteiger partial charge in [-0.15, -0.1) is 0 Å². The topological polar surface area (TPSA) is 121 Å². The molecule has 0 saturated heterocycles. The van der Waals surface area contributed by atoms with Crippen LogP contribution in [-0.2, 0) is 15.5 Å². The van der Waals surface area contributed by atoms with Gasteiger partial charge in [-0.3, -0.25) is 9.32 Å². The maximum atomic E-state index is 10.8. The van der Waals surface area contributed by atoms with E-state index in [2.05, 4.69) is 4.52 Å². The van der Waals surface area contributed by atoms with E-state index in [-0.39, 0.29) is 25.0 Å². The Morgan fingerprint density at radius 2 is 2.05 bits per heavy atom. The van der Waals surface area contributed by atoms with Gasteiger partial charge in [0.2, 0.25) is 0 Å². The molecule has 3 N–H and O–H groups in total. The Bertz CT molecular complexity index is 520. The van der Waals surface area contributed by atoms with E-state index >= 15 is 0 Å². The molecule has 104 valence electrons. The Labute approximate surface area is 109 Å². The SMILES string of the molecule is O=Cc1ccc(C(=O)O)cc1CCCOP(=O)(O)O. The molecule has 7 nitrogen and oxygen atoms in total. The van der Waals surface area contributed by atoms with Crippen molar-refractivity contribution in [2.75, 3.05) is 6.61 Å². The molecule has 1 rings (SSSR count). The molecule has 1 aromatic carbocycles. The molecule has 0 aliphatic rings. The Morgan fingerprint density at radius 1 is 1.37 bits per heavy atom. The molecule has 0 fully saturated rings. The number of aryl methyl sites for hydroxylation is 1. The lowest BCUT2D eigenvalue weighted by atomic mass is 10.0. The molecule has 0 radical (unpaired) electrons. The molecule has 0 bridgehead atoms. The van der Waals surface area contributed by atoms with Gasteiger partial charge >= 0.3 is 13.8 Å². The summed E-state index contributed by atoms with van der Waals surface area (Å²) < 4.78 is 14.7. The highest BCUT2D eigenvalue weighted by molar-refractivity contribution is 7.46. The van der Waals surface area contributed by atoms with Crippen LogP contribution in [-0.4, -0.2) is 33.8 Å². The fourth-order valence-electron chi connectivity index (χ4n) is 1.52. The van der Waals surface area contributed by atoms with Crippen LogP contribution in [0.4, 0.5) is 0 Å². The van der Waals surface area contributed by atoms with Gasteiger partial charge in [0.1, 0.15) is 6.29 Å². The highest BCUT2D eigenvalue weighted by Crippen LogP contribution is 2.35. The number of carboxylic acids is 1. The van der Waals surface area contributed by atoms with Crippen LogP contribution in [0.1, 0.15) is 32.7 Å². The number of rotatable bonds is 7. The normalized spacial score (nSPS) is 11.3. The molecule has 19 heavy (non-hydrogen) atoms. The first-order valence-electron chi connectivity index (χ1n) is 5.35. The van der Waals surface area contributed by atoms with Gasteiger partial charge < -0.3 is 14.9 Å². The predicted molar refractivity (Wildman–Crippen MR) is 65.1 cm³/mol. The molecular weight excluding hydrogens is 275 g/mol. The summed E-state index contributed by atoms with van der Waals surface area (Å²) in [6.45, 7) is -0.181. The van der Waals surface area contributed by atoms with Crippen LogP contribution in [0.5, 0.6) is 0 Å². The fourth-order valence-corrected chi connectivity index (χ4v) is 1.88. The van der Waals surface area contributed by atoms with E-state index in [4.69, 9.17) is 14.9 Å². The summed E-state index contributed by atoms with van der Waals surface area (Å²) in [5.41, 5.74) is 0.905. The number of aromatic carboxylic acids is 1. The Hall–Kier alpha value is -1.53. The van der Waals surface area contributed by atoms with Crippen molar-refractivity contribution >= 4 is 20.1 Å². The Kier molecular flexibility index (Phi) is 5.38. The third kappa shape index (κ3) is 5.32. The van der Waals surface area contributed by atoms with Gasteiger partial charge in [0.25, 0.3) is 0 Å². The number of carbonyl (C=O) groups excluding carboxylic acids is 1. The second-order valence-electron chi connectivity index (χ2n) is 3.76. The number of phosphoric acid groups is 1. The minimum absolute atomic E-state index is 0.0523. The van der Waals surface area contributed by atoms with Gasteiger partial charge in [-0.25, -0.2) is 9.36 Å². The lowest BCUT2D eigenvalue weighted by Gasteiger charge is -2.07. The first-order valence-corrected chi connectivity index (χ1v) is 6.88. The summed E-state index contributed by atoms with van der Waals surface area (Å²) in [4.78, 5) is 38.6. The number of phosphoric ester groups is 1. The summed E-state index contributed by atoms with van der Waals surface area (Å²) in [6.07, 6.45) is 1.15. The van der Waals surface area contributed by atoms with Crippen LogP contribution >= 0.6 is 7.82 Å². The second-order valence-corrected chi connectivity index (χ2v) is 5.00. The molecular formula is C11H13O7P. The van der Waals surface area contributed by atoms with E-state index in [1.807, 2.05) is 0 Å². The van der Waals surface area contributed by atoms with E-state index in [1.54, 1.807) is 0 Å². The highest BCUT2D eigenvalue weighted by Gasteiger charge is 2.13. The van der Waals surface area contributed by atoms with Crippen molar-refractivity contribution in [2.45, 2.75) is 12.8 Å². The first-order chi connectivity index (χ1) is 8.83. The van der Waals surface area contributed by atoms with Gasteiger partial charge in [0.05, 0.1) is 12.2 Å². The summed E-state index contributed by atoms with van der Waals surface area (Å²) >= 11 is 0. The number of carbonyl (C=O) groups is 2. The predicted octanol–water partition coefficient (Wildman–Crippen LogP) is 1.24. The molecule has 0 aromatic heterocycles. The molecule has 0 unspecified atom stereocenters. The number of aldehydes is 1. The van der Waals surface area contributed by atoms with Crippen LogP contribution in [0.2, 0.25) is 0 Å². The Balaban J connectivity index is 2.70. The average Bonchev–Trinajstić information content (AvgIpc) is 2.33. The van der Waals surface area contributed by atoms with E-state index in [0.29, 0.717) is 17.4 Å². The van der Waals surface area contributed by atoms with Crippen molar-refractivity contribution < 1.29 is 33.6 Å². The maximum Gasteiger partial charge on any atom is 0.469 e. The van der Waals surface area contributed by atoms with Crippen molar-refractivity contribution in [3.05, 3.63) is 34.9 Å². The quantitative estimate of drug-likeness (QED) is 0.392. The van der Waals surface area contributed by atoms with Crippen LogP contribution in [0.15, 0.2) is 18.2 Å². The minimum atomic E-state index is -4.49. The maximum absolute atomic E-state index is 10.8. The van der Waals surface area contributed by atoms with Crippen molar-refractivity contribution in [1.29, 1.82) is 0 Å². The molecule has 0 aliphatic carbocycles. The molecule has 0 spiro atoms. The zero-order valence-electron chi connectivity index (χ0n) is 9.85. The van der Waals surface area contributed by atoms with Crippen molar-refractivity contribution in [3.63, 3.8) is 0 Å². The van der Waals surface area contributed by atoms with Crippen molar-refractivity contribution in [2.24, 2.45) is 0 Å². The van der Waals surface area contributed by atoms with Crippen LogP contribution in [0, 0.1) is 0 Å². The van der Waals surface area contributed by atoms with Crippen LogP contribution < -0.4 is 0 Å². The number of benzene rings is 1. The molecule has 0 heterocycles. The Morgan fingerprint density at radius 3 is 2.58 bits per heavy atom. The van der Waals surface area contributed by atoms with Gasteiger partial charge in [-0.05, 0) is 30.5 Å². The molecule has 0 amide bonds. The van der Waals surface area contributed by atoms with Crippen LogP contribution in [0.25, 0.3) is 0 Å². The minimum Gasteiger partial charge on any atom is -0.478 e. The monoisotopic (exact) mass is 288 g/mol. The number of hydrogen-bond acceptors (Lipinski definition) is 4. The summed E-state index contributed by atoms with van der Waals surface area (Å²) in [6, 6.07) is 4.08. The third-order valence-electron chi connectivity index (χ3n) is 2.37. The van der Waals surface area contributed by atoms with Crippen molar-refractivity contribution in [3.8, 4) is 0 Å². The van der Waals surface area contributed by atoms with Gasteiger partial charge in [0.15, 0.2) is 0 Å². The zero-order chi connectivity index (χ0) is 14.5. The van der Waals surface area contributed by atoms with E-state index in [9.17, 15) is 14.2 Å². The fraction of sp³-hybridized carbons (Fsp3) is 0.273. The average molecular weight is 288 g/mol. The molecule has 8 heteroatoms. The summed E-state index contributed by atoms with van der Waals surface area (Å²) in [5.74, 6) is -1.11. The van der Waals surface area contributed by atoms with E-state index in [0.717, 1.165) is 0 Å². The molecule has 1 aromatic rings. The first kappa shape index (κ1) is 15.5. The van der Waals surface area contributed by atoms with Gasteiger partial charge in [0, 0.05) is 5.56 Å². The smallest absolute Gasteiger partial charge is 0.469 e. The van der Waals surface area contributed by atoms with Gasteiger partial charge in [-0.2, -0.15) is 0 Å². The lowest BCUT2D eigenvalue weighted by Crippen LogP contribution is -2.02. The van der Waals surface area contributed by atoms with Crippen LogP contribution in [0.3, 0.4) is 0 Å². The number of hydrogen-bond donors (Lipinski definition) is 3. The van der Waals surface area contributed by atoms with Gasteiger partial charge in [-0.1, -0.05) is 6.07 Å². The van der Waals surface area contributed by atoms with E-state index < -0.39 is 13.8 Å². The molecule has 0 atom stereocenters. The van der Waals surface area contributed by atoms with E-state index in [1.165, 1.54) is 18.2 Å². The highest BCUT2D eigenvalue weighted by atomic mass is 31.2. The zero-order valence-corrected chi connectivity index (χ0v) is 10.7. The standard InChI is InChI=1S/C11H13O7P/c12-7-10-4-3-9(11(13)14)6-8(10)2-1-5-18-19(15,16)17/h3-4,6-7H,1-2,5H2,(H,13,14)(H2,15,16,17). The van der Waals surface area contributed by atoms with Crippen molar-refractivity contribution in [1.82, 2.24) is 0 Å². The summed E-state index contributed by atoms with van der Waals surface area (Å²) in [5, 5.41) is 8.84. The summed E-state index contributed by atoms with van der Waals surface area (Å²) in [7, 11) is -4.49. The lowest BCUT2D eigenvalue weighted by molar-refractivity contribution is 0.0696. The molecule has 0 saturated carbocycles. The number of carboxylic acid groups (broad SMARTS) is 1.